The number of hydrogen-bond acceptors (Lipinski definition) is 7. The molecule has 0 saturated heterocycles. The molecule has 1 amide bonds. The quantitative estimate of drug-likeness (QED) is 0.253. The summed E-state index contributed by atoms with van der Waals surface area (Å²) in [6, 6.07) is 15.5. The average molecular weight is 491 g/mol. The summed E-state index contributed by atoms with van der Waals surface area (Å²) in [5, 5.41) is 18.4. The number of hydrogen-bond donors (Lipinski definition) is 1. The van der Waals surface area contributed by atoms with Crippen LogP contribution in [-0.2, 0) is 13.2 Å². The zero-order chi connectivity index (χ0) is 25.8. The molecule has 2 heterocycles. The maximum Gasteiger partial charge on any atom is 0.291 e. The van der Waals surface area contributed by atoms with E-state index in [1.807, 2.05) is 42.8 Å². The fraction of sp³-hybridized carbons (Fsp3) is 0.231. The van der Waals surface area contributed by atoms with Gasteiger partial charge in [-0.25, -0.2) is 0 Å². The van der Waals surface area contributed by atoms with Gasteiger partial charge in [-0.05, 0) is 62.7 Å². The molecule has 2 aromatic carbocycles. The van der Waals surface area contributed by atoms with E-state index in [-0.39, 0.29) is 18.1 Å². The lowest BCUT2D eigenvalue weighted by Crippen LogP contribution is -2.12. The number of benzene rings is 2. The number of nitrogens with zero attached hydrogens (tertiary/aromatic N) is 3. The first-order valence-electron chi connectivity index (χ1n) is 11.2. The summed E-state index contributed by atoms with van der Waals surface area (Å²) < 4.78 is 18.4. The molecule has 0 saturated carbocycles. The van der Waals surface area contributed by atoms with E-state index in [4.69, 9.17) is 13.9 Å². The first-order valence-corrected chi connectivity index (χ1v) is 11.2. The molecule has 4 aromatic rings. The van der Waals surface area contributed by atoms with E-state index in [1.54, 1.807) is 32.2 Å². The lowest BCUT2D eigenvalue weighted by molar-refractivity contribution is -0.385. The van der Waals surface area contributed by atoms with Crippen molar-refractivity contribution in [3.8, 4) is 11.5 Å². The van der Waals surface area contributed by atoms with Gasteiger partial charge >= 0.3 is 0 Å². The standard InChI is InChI=1S/C26H26N4O6/c1-16-12-21(8-10-23(16)30(32)33)35-15-22-9-11-24(36-22)26(31)27-25-17(2)28-29(18(25)3)14-19-6-5-7-20(13-19)34-4/h5-13H,14-15H2,1-4H3,(H,27,31). The number of carbonyl (C=O) groups excluding carboxylic acids is 1. The van der Waals surface area contributed by atoms with E-state index in [9.17, 15) is 14.9 Å². The number of nitro benzene ring substituents is 1. The largest absolute Gasteiger partial charge is 0.497 e. The summed E-state index contributed by atoms with van der Waals surface area (Å²) in [6.45, 7) is 5.97. The first kappa shape index (κ1) is 24.5. The highest BCUT2D eigenvalue weighted by Crippen LogP contribution is 2.25. The molecular formula is C26H26N4O6. The van der Waals surface area contributed by atoms with Crippen LogP contribution in [0.2, 0.25) is 0 Å². The summed E-state index contributed by atoms with van der Waals surface area (Å²) in [5.41, 5.74) is 3.67. The van der Waals surface area contributed by atoms with Crippen LogP contribution >= 0.6 is 0 Å². The number of methoxy groups -OCH3 is 1. The summed E-state index contributed by atoms with van der Waals surface area (Å²) in [7, 11) is 1.62. The Morgan fingerprint density at radius 1 is 1.11 bits per heavy atom. The normalized spacial score (nSPS) is 10.8. The van der Waals surface area contributed by atoms with Crippen LogP contribution in [0.3, 0.4) is 0 Å². The van der Waals surface area contributed by atoms with Gasteiger partial charge in [-0.3, -0.25) is 19.6 Å². The van der Waals surface area contributed by atoms with Crippen LogP contribution in [0.25, 0.3) is 0 Å². The molecule has 10 heteroatoms. The molecule has 0 unspecified atom stereocenters. The van der Waals surface area contributed by atoms with Gasteiger partial charge in [0.25, 0.3) is 11.6 Å². The molecule has 0 radical (unpaired) electrons. The van der Waals surface area contributed by atoms with Gasteiger partial charge in [0.15, 0.2) is 5.76 Å². The minimum Gasteiger partial charge on any atom is -0.497 e. The molecule has 4 rings (SSSR count). The maximum atomic E-state index is 12.8. The molecule has 0 bridgehead atoms. The Morgan fingerprint density at radius 3 is 2.64 bits per heavy atom. The maximum absolute atomic E-state index is 12.8. The molecule has 0 aliphatic heterocycles. The van der Waals surface area contributed by atoms with Crippen molar-refractivity contribution in [2.45, 2.75) is 33.9 Å². The second-order valence-corrected chi connectivity index (χ2v) is 8.27. The summed E-state index contributed by atoms with van der Waals surface area (Å²) in [5.74, 6) is 1.41. The van der Waals surface area contributed by atoms with Gasteiger partial charge in [0.05, 0.1) is 35.7 Å². The van der Waals surface area contributed by atoms with Crippen molar-refractivity contribution in [3.05, 3.63) is 98.7 Å². The summed E-state index contributed by atoms with van der Waals surface area (Å²) >= 11 is 0. The van der Waals surface area contributed by atoms with E-state index in [1.165, 1.54) is 12.1 Å². The zero-order valence-corrected chi connectivity index (χ0v) is 20.4. The predicted molar refractivity (Wildman–Crippen MR) is 133 cm³/mol. The van der Waals surface area contributed by atoms with Crippen LogP contribution in [-0.4, -0.2) is 27.7 Å². The fourth-order valence-electron chi connectivity index (χ4n) is 3.81. The van der Waals surface area contributed by atoms with Crippen molar-refractivity contribution in [1.82, 2.24) is 9.78 Å². The van der Waals surface area contributed by atoms with Gasteiger partial charge in [0.1, 0.15) is 23.9 Å². The Kier molecular flexibility index (Phi) is 7.05. The minimum absolute atomic E-state index is 0.0247. The third kappa shape index (κ3) is 5.38. The van der Waals surface area contributed by atoms with E-state index in [0.717, 1.165) is 17.0 Å². The summed E-state index contributed by atoms with van der Waals surface area (Å²) in [4.78, 5) is 23.4. The van der Waals surface area contributed by atoms with Gasteiger partial charge in [-0.2, -0.15) is 5.10 Å². The smallest absolute Gasteiger partial charge is 0.291 e. The molecule has 186 valence electrons. The first-order chi connectivity index (χ1) is 17.2. The van der Waals surface area contributed by atoms with Crippen LogP contribution in [0.4, 0.5) is 11.4 Å². The van der Waals surface area contributed by atoms with Gasteiger partial charge in [0, 0.05) is 11.6 Å². The number of furan rings is 1. The molecule has 2 aromatic heterocycles. The van der Waals surface area contributed by atoms with Gasteiger partial charge < -0.3 is 19.2 Å². The van der Waals surface area contributed by atoms with Crippen molar-refractivity contribution in [2.24, 2.45) is 0 Å². The number of rotatable bonds is 9. The Hall–Kier alpha value is -4.60. The Labute approximate surface area is 207 Å². The van der Waals surface area contributed by atoms with Crippen molar-refractivity contribution >= 4 is 17.3 Å². The topological polar surface area (TPSA) is 122 Å². The molecule has 36 heavy (non-hydrogen) atoms. The molecule has 10 nitrogen and oxygen atoms in total. The van der Waals surface area contributed by atoms with Crippen LogP contribution < -0.4 is 14.8 Å². The number of aryl methyl sites for hydroxylation is 2. The van der Waals surface area contributed by atoms with Gasteiger partial charge in [-0.15, -0.1) is 0 Å². The molecule has 0 aliphatic rings. The Bertz CT molecular complexity index is 1420. The van der Waals surface area contributed by atoms with Gasteiger partial charge in [-0.1, -0.05) is 12.1 Å². The van der Waals surface area contributed by atoms with Gasteiger partial charge in [0.2, 0.25) is 0 Å². The number of ether oxygens (including phenoxy) is 2. The highest BCUT2D eigenvalue weighted by atomic mass is 16.6. The zero-order valence-electron chi connectivity index (χ0n) is 20.4. The van der Waals surface area contributed by atoms with Crippen LogP contribution in [0, 0.1) is 30.9 Å². The molecule has 0 fully saturated rings. The van der Waals surface area contributed by atoms with Crippen molar-refractivity contribution in [2.75, 3.05) is 12.4 Å². The second-order valence-electron chi connectivity index (χ2n) is 8.27. The van der Waals surface area contributed by atoms with Crippen molar-refractivity contribution in [3.63, 3.8) is 0 Å². The number of nitro groups is 1. The second kappa shape index (κ2) is 10.3. The highest BCUT2D eigenvalue weighted by molar-refractivity contribution is 6.02. The van der Waals surface area contributed by atoms with E-state index >= 15 is 0 Å². The number of amides is 1. The Balaban J connectivity index is 1.40. The third-order valence-corrected chi connectivity index (χ3v) is 5.72. The fourth-order valence-corrected chi connectivity index (χ4v) is 3.81. The lowest BCUT2D eigenvalue weighted by atomic mass is 10.2. The Morgan fingerprint density at radius 2 is 1.92 bits per heavy atom. The summed E-state index contributed by atoms with van der Waals surface area (Å²) in [6.07, 6.45) is 0. The molecular weight excluding hydrogens is 464 g/mol. The molecule has 0 spiro atoms. The monoisotopic (exact) mass is 490 g/mol. The van der Waals surface area contributed by atoms with Crippen LogP contribution in [0.1, 0.15) is 38.8 Å². The number of anilines is 1. The number of carbonyl (C=O) groups is 1. The number of aromatic nitrogens is 2. The molecule has 1 N–H and O–H groups in total. The highest BCUT2D eigenvalue weighted by Gasteiger charge is 2.18. The third-order valence-electron chi connectivity index (χ3n) is 5.72. The van der Waals surface area contributed by atoms with Crippen LogP contribution in [0.5, 0.6) is 11.5 Å². The SMILES string of the molecule is COc1cccc(Cn2nc(C)c(NC(=O)c3ccc(COc4ccc([N+](=O)[O-])c(C)c4)o3)c2C)c1. The molecule has 0 aliphatic carbocycles. The predicted octanol–water partition coefficient (Wildman–Crippen LogP) is 5.20. The van der Waals surface area contributed by atoms with E-state index in [0.29, 0.717) is 35.0 Å². The number of nitrogens with one attached hydrogen (secondary N) is 1. The average Bonchev–Trinajstić information content (AvgIpc) is 3.43. The van der Waals surface area contributed by atoms with E-state index < -0.39 is 10.8 Å². The van der Waals surface area contributed by atoms with Crippen molar-refractivity contribution in [1.29, 1.82) is 0 Å². The van der Waals surface area contributed by atoms with Crippen LogP contribution in [0.15, 0.2) is 59.0 Å². The van der Waals surface area contributed by atoms with E-state index in [2.05, 4.69) is 10.4 Å². The minimum atomic E-state index is -0.442. The molecule has 0 atom stereocenters. The lowest BCUT2D eigenvalue weighted by Gasteiger charge is -2.08. The van der Waals surface area contributed by atoms with Crippen molar-refractivity contribution < 1.29 is 23.6 Å².